The van der Waals surface area contributed by atoms with Gasteiger partial charge in [-0.05, 0) is 61.0 Å². The number of rotatable bonds is 8. The zero-order valence-electron chi connectivity index (χ0n) is 16.4. The Morgan fingerprint density at radius 2 is 1.43 bits per heavy atom. The molecule has 1 atom stereocenters. The lowest BCUT2D eigenvalue weighted by atomic mass is 9.88. The predicted octanol–water partition coefficient (Wildman–Crippen LogP) is 5.75. The highest BCUT2D eigenvalue weighted by atomic mass is 16.5. The van der Waals surface area contributed by atoms with Crippen LogP contribution in [0.2, 0.25) is 0 Å². The summed E-state index contributed by atoms with van der Waals surface area (Å²) in [5.41, 5.74) is 4.17. The number of para-hydroxylation sites is 1. The maximum Gasteiger partial charge on any atom is 0.122 e. The van der Waals surface area contributed by atoms with Crippen molar-refractivity contribution in [2.45, 2.75) is 31.1 Å². The average molecular weight is 372 g/mol. The van der Waals surface area contributed by atoms with E-state index in [9.17, 15) is 0 Å². The molecule has 0 saturated heterocycles. The molecule has 4 rings (SSSR count). The first-order chi connectivity index (χ1) is 13.9. The minimum Gasteiger partial charge on any atom is -0.493 e. The summed E-state index contributed by atoms with van der Waals surface area (Å²) in [5.74, 6) is 2.13. The Labute approximate surface area is 168 Å². The fourth-order valence-corrected chi connectivity index (χ4v) is 4.26. The molecule has 0 saturated carbocycles. The van der Waals surface area contributed by atoms with Gasteiger partial charge in [-0.2, -0.15) is 0 Å². The van der Waals surface area contributed by atoms with Crippen LogP contribution in [0.3, 0.4) is 0 Å². The number of hydrogen-bond donors (Lipinski definition) is 1. The molecule has 1 aliphatic heterocycles. The van der Waals surface area contributed by atoms with Crippen LogP contribution in [-0.2, 0) is 0 Å². The fourth-order valence-electron chi connectivity index (χ4n) is 4.26. The van der Waals surface area contributed by atoms with Gasteiger partial charge in [-0.3, -0.25) is 0 Å². The van der Waals surface area contributed by atoms with E-state index in [1.807, 2.05) is 0 Å². The van der Waals surface area contributed by atoms with Gasteiger partial charge in [0.05, 0.1) is 6.61 Å². The minimum absolute atomic E-state index is 0.443. The molecule has 0 aliphatic carbocycles. The highest BCUT2D eigenvalue weighted by molar-refractivity contribution is 5.37. The summed E-state index contributed by atoms with van der Waals surface area (Å²) < 4.78 is 5.79. The molecular formula is C26H29NO. The molecule has 28 heavy (non-hydrogen) atoms. The summed E-state index contributed by atoms with van der Waals surface area (Å²) in [6, 6.07) is 30.2. The van der Waals surface area contributed by atoms with E-state index in [4.69, 9.17) is 4.74 Å². The van der Waals surface area contributed by atoms with Gasteiger partial charge in [-0.25, -0.2) is 0 Å². The van der Waals surface area contributed by atoms with Crippen molar-refractivity contribution in [2.75, 3.05) is 19.7 Å². The lowest BCUT2D eigenvalue weighted by Crippen LogP contribution is -2.23. The zero-order valence-corrected chi connectivity index (χ0v) is 16.4. The molecule has 1 unspecified atom stereocenters. The van der Waals surface area contributed by atoms with E-state index in [2.05, 4.69) is 90.2 Å². The second kappa shape index (κ2) is 9.57. The van der Waals surface area contributed by atoms with Gasteiger partial charge in [-0.15, -0.1) is 0 Å². The third-order valence-electron chi connectivity index (χ3n) is 5.77. The molecule has 2 heteroatoms. The Hall–Kier alpha value is -2.58. The Morgan fingerprint density at radius 3 is 2.14 bits per heavy atom. The largest absolute Gasteiger partial charge is 0.493 e. The summed E-state index contributed by atoms with van der Waals surface area (Å²) in [5, 5.41) is 3.69. The molecule has 144 valence electrons. The molecule has 0 spiro atoms. The van der Waals surface area contributed by atoms with Crippen molar-refractivity contribution in [1.29, 1.82) is 0 Å². The van der Waals surface area contributed by atoms with Gasteiger partial charge in [0.1, 0.15) is 5.75 Å². The van der Waals surface area contributed by atoms with Crippen molar-refractivity contribution in [3.8, 4) is 5.75 Å². The monoisotopic (exact) mass is 371 g/mol. The van der Waals surface area contributed by atoms with Gasteiger partial charge in [-0.1, -0.05) is 78.9 Å². The normalized spacial score (nSPS) is 15.8. The molecule has 0 bridgehead atoms. The smallest absolute Gasteiger partial charge is 0.122 e. The van der Waals surface area contributed by atoms with Crippen LogP contribution in [0.5, 0.6) is 5.75 Å². The summed E-state index contributed by atoms with van der Waals surface area (Å²) in [4.78, 5) is 0. The molecule has 0 radical (unpaired) electrons. The van der Waals surface area contributed by atoms with Crippen molar-refractivity contribution in [3.63, 3.8) is 0 Å². The standard InChI is InChI=1S/C26H29NO/c1-3-9-21(10-4-1)24(22-11-5-2-6-12-22)16-19-27-18-15-23-17-20-28-26-14-8-7-13-25(23)26/h1-14,23-24,27H,15-20H2. The molecule has 1 heterocycles. The number of ether oxygens (including phenoxy) is 1. The molecule has 3 aromatic carbocycles. The van der Waals surface area contributed by atoms with Crippen LogP contribution >= 0.6 is 0 Å². The molecule has 0 amide bonds. The van der Waals surface area contributed by atoms with Crippen LogP contribution in [-0.4, -0.2) is 19.7 Å². The van der Waals surface area contributed by atoms with Crippen molar-refractivity contribution in [1.82, 2.24) is 5.32 Å². The van der Waals surface area contributed by atoms with Gasteiger partial charge in [0, 0.05) is 5.92 Å². The summed E-state index contributed by atoms with van der Waals surface area (Å²) in [6.07, 6.45) is 3.40. The average Bonchev–Trinajstić information content (AvgIpc) is 2.77. The molecule has 2 nitrogen and oxygen atoms in total. The molecule has 1 N–H and O–H groups in total. The number of fused-ring (bicyclic) bond motifs is 1. The summed E-state index contributed by atoms with van der Waals surface area (Å²) in [7, 11) is 0. The minimum atomic E-state index is 0.443. The van der Waals surface area contributed by atoms with Crippen LogP contribution in [0.25, 0.3) is 0 Å². The van der Waals surface area contributed by atoms with E-state index in [1.165, 1.54) is 23.1 Å². The second-order valence-electron chi connectivity index (χ2n) is 7.57. The van der Waals surface area contributed by atoms with E-state index in [0.717, 1.165) is 38.3 Å². The highest BCUT2D eigenvalue weighted by Gasteiger charge is 2.20. The lowest BCUT2D eigenvalue weighted by molar-refractivity contribution is 0.262. The molecular weight excluding hydrogens is 342 g/mol. The van der Waals surface area contributed by atoms with E-state index < -0.39 is 0 Å². The maximum absolute atomic E-state index is 5.79. The van der Waals surface area contributed by atoms with Crippen LogP contribution in [0, 0.1) is 0 Å². The number of hydrogen-bond acceptors (Lipinski definition) is 2. The van der Waals surface area contributed by atoms with Gasteiger partial charge in [0.2, 0.25) is 0 Å². The highest BCUT2D eigenvalue weighted by Crippen LogP contribution is 2.35. The third kappa shape index (κ3) is 4.63. The van der Waals surface area contributed by atoms with E-state index in [-0.39, 0.29) is 0 Å². The molecule has 3 aromatic rings. The van der Waals surface area contributed by atoms with Crippen LogP contribution in [0.1, 0.15) is 47.8 Å². The second-order valence-corrected chi connectivity index (χ2v) is 7.57. The van der Waals surface area contributed by atoms with Crippen molar-refractivity contribution < 1.29 is 4.74 Å². The Kier molecular flexibility index (Phi) is 6.41. The van der Waals surface area contributed by atoms with E-state index in [1.54, 1.807) is 0 Å². The number of benzene rings is 3. The van der Waals surface area contributed by atoms with E-state index >= 15 is 0 Å². The Morgan fingerprint density at radius 1 is 0.786 bits per heavy atom. The topological polar surface area (TPSA) is 21.3 Å². The van der Waals surface area contributed by atoms with Crippen LogP contribution in [0.4, 0.5) is 0 Å². The van der Waals surface area contributed by atoms with Crippen molar-refractivity contribution in [3.05, 3.63) is 102 Å². The van der Waals surface area contributed by atoms with Crippen LogP contribution in [0.15, 0.2) is 84.9 Å². The fraction of sp³-hybridized carbons (Fsp3) is 0.308. The first-order valence-electron chi connectivity index (χ1n) is 10.4. The predicted molar refractivity (Wildman–Crippen MR) is 116 cm³/mol. The molecule has 1 aliphatic rings. The maximum atomic E-state index is 5.79. The Balaban J connectivity index is 1.31. The summed E-state index contributed by atoms with van der Waals surface area (Å²) in [6.45, 7) is 2.92. The first-order valence-corrected chi connectivity index (χ1v) is 10.4. The van der Waals surface area contributed by atoms with Gasteiger partial charge in [0.25, 0.3) is 0 Å². The van der Waals surface area contributed by atoms with Gasteiger partial charge >= 0.3 is 0 Å². The summed E-state index contributed by atoms with van der Waals surface area (Å²) >= 11 is 0. The van der Waals surface area contributed by atoms with E-state index in [0.29, 0.717) is 11.8 Å². The van der Waals surface area contributed by atoms with Gasteiger partial charge in [0.15, 0.2) is 0 Å². The van der Waals surface area contributed by atoms with Crippen molar-refractivity contribution >= 4 is 0 Å². The SMILES string of the molecule is c1ccc(C(CCNCCC2CCOc3ccccc32)c2ccccc2)cc1. The van der Waals surface area contributed by atoms with Gasteiger partial charge < -0.3 is 10.1 Å². The molecule has 0 fully saturated rings. The lowest BCUT2D eigenvalue weighted by Gasteiger charge is -2.26. The first kappa shape index (κ1) is 18.8. The quantitative estimate of drug-likeness (QED) is 0.509. The van der Waals surface area contributed by atoms with Crippen LogP contribution < -0.4 is 10.1 Å². The zero-order chi connectivity index (χ0) is 19.0. The third-order valence-corrected chi connectivity index (χ3v) is 5.77. The number of nitrogens with one attached hydrogen (secondary N) is 1. The Bertz CT molecular complexity index is 807. The molecule has 0 aromatic heterocycles. The van der Waals surface area contributed by atoms with Crippen molar-refractivity contribution in [2.24, 2.45) is 0 Å².